The topological polar surface area (TPSA) is 114 Å². The van der Waals surface area contributed by atoms with Crippen LogP contribution in [0.4, 0.5) is 30.7 Å². The van der Waals surface area contributed by atoms with Crippen LogP contribution in [0.3, 0.4) is 0 Å². The summed E-state index contributed by atoms with van der Waals surface area (Å²) in [7, 11) is -5.59. The zero-order valence-electron chi connectivity index (χ0n) is 19.8. The molecule has 0 saturated carbocycles. The predicted molar refractivity (Wildman–Crippen MR) is 122 cm³/mol. The van der Waals surface area contributed by atoms with Gasteiger partial charge in [-0.25, -0.2) is 27.5 Å². The molecular formula is C22H16F7N7O3S. The Balaban J connectivity index is 1.33. The molecule has 0 spiro atoms. The van der Waals surface area contributed by atoms with Crippen molar-refractivity contribution in [2.45, 2.75) is 31.3 Å². The monoisotopic (exact) mass is 591 g/mol. The first-order valence-corrected chi connectivity index (χ1v) is 12.7. The number of imidazole rings is 1. The zero-order valence-corrected chi connectivity index (χ0v) is 20.6. The highest BCUT2D eigenvalue weighted by atomic mass is 32.2. The third-order valence-electron chi connectivity index (χ3n) is 6.00. The highest BCUT2D eigenvalue weighted by Gasteiger charge is 2.51. The Kier molecular flexibility index (Phi) is 6.56. The van der Waals surface area contributed by atoms with Gasteiger partial charge in [-0.15, -0.1) is 0 Å². The number of benzene rings is 1. The SMILES string of the molecule is O=C(NCc1ccc(-c2nc3n(n2)CCN(S(=O)(=O)C(F)(F)F)C3)c(F)c1)c1c(C(F)(F)F)nc2ccccn12. The van der Waals surface area contributed by atoms with Crippen molar-refractivity contribution in [3.63, 3.8) is 0 Å². The highest BCUT2D eigenvalue weighted by Crippen LogP contribution is 2.32. The van der Waals surface area contributed by atoms with Crippen LogP contribution in [0.25, 0.3) is 17.0 Å². The van der Waals surface area contributed by atoms with Crippen molar-refractivity contribution in [3.8, 4) is 11.4 Å². The summed E-state index contributed by atoms with van der Waals surface area (Å²) in [6.45, 7) is -1.83. The Labute approximate surface area is 220 Å². The van der Waals surface area contributed by atoms with Gasteiger partial charge in [0, 0.05) is 19.3 Å². The Morgan fingerprint density at radius 2 is 1.77 bits per heavy atom. The van der Waals surface area contributed by atoms with Gasteiger partial charge in [0.05, 0.1) is 18.7 Å². The summed E-state index contributed by atoms with van der Waals surface area (Å²) in [5, 5.41) is 6.34. The number of hydrogen-bond acceptors (Lipinski definition) is 6. The summed E-state index contributed by atoms with van der Waals surface area (Å²) in [5.41, 5.74) is -7.70. The van der Waals surface area contributed by atoms with Crippen LogP contribution < -0.4 is 5.32 Å². The number of alkyl halides is 6. The van der Waals surface area contributed by atoms with E-state index in [1.165, 1.54) is 41.2 Å². The highest BCUT2D eigenvalue weighted by molar-refractivity contribution is 7.89. The molecule has 1 N–H and O–H groups in total. The van der Waals surface area contributed by atoms with Crippen LogP contribution in [0, 0.1) is 5.82 Å². The maximum Gasteiger partial charge on any atom is 0.511 e. The van der Waals surface area contributed by atoms with E-state index in [0.29, 0.717) is 0 Å². The Morgan fingerprint density at radius 1 is 1.02 bits per heavy atom. The molecule has 1 aromatic carbocycles. The molecule has 0 fully saturated rings. The largest absolute Gasteiger partial charge is 0.511 e. The lowest BCUT2D eigenvalue weighted by molar-refractivity contribution is -0.141. The van der Waals surface area contributed by atoms with Crippen molar-refractivity contribution in [2.24, 2.45) is 0 Å². The summed E-state index contributed by atoms with van der Waals surface area (Å²) >= 11 is 0. The molecule has 5 rings (SSSR count). The van der Waals surface area contributed by atoms with Gasteiger partial charge >= 0.3 is 21.7 Å². The molecule has 0 atom stereocenters. The fourth-order valence-electron chi connectivity index (χ4n) is 4.11. The smallest absolute Gasteiger partial charge is 0.347 e. The standard InChI is InChI=1S/C22H16F7N7O3S/c23-14-9-12(10-30-20(37)17-18(21(24,25)26)31-15-3-1-2-6-35(15)17)4-5-13(14)19-32-16-11-34(7-8-36(16)33-19)40(38,39)22(27,28)29/h1-6,9H,7-8,10-11H2,(H,30,37). The van der Waals surface area contributed by atoms with Crippen molar-refractivity contribution < 1.29 is 43.9 Å². The zero-order chi connectivity index (χ0) is 29.0. The minimum absolute atomic E-state index is 0.0928. The van der Waals surface area contributed by atoms with E-state index >= 15 is 0 Å². The van der Waals surface area contributed by atoms with Gasteiger partial charge in [-0.2, -0.15) is 35.7 Å². The number of halogens is 7. The quantitative estimate of drug-likeness (QED) is 0.356. The number of nitrogens with zero attached hydrogens (tertiary/aromatic N) is 6. The molecule has 0 unspecified atom stereocenters. The van der Waals surface area contributed by atoms with E-state index in [4.69, 9.17) is 0 Å². The first-order chi connectivity index (χ1) is 18.7. The number of aromatic nitrogens is 5. The van der Waals surface area contributed by atoms with Crippen molar-refractivity contribution >= 4 is 21.6 Å². The van der Waals surface area contributed by atoms with Crippen LogP contribution in [0.1, 0.15) is 27.6 Å². The van der Waals surface area contributed by atoms with Crippen molar-refractivity contribution in [2.75, 3.05) is 6.54 Å². The third kappa shape index (κ3) is 4.87. The van der Waals surface area contributed by atoms with Gasteiger partial charge in [0.2, 0.25) is 0 Å². The van der Waals surface area contributed by atoms with Gasteiger partial charge in [-0.05, 0) is 29.8 Å². The minimum atomic E-state index is -5.59. The maximum absolute atomic E-state index is 14.9. The average Bonchev–Trinajstić information content (AvgIpc) is 3.48. The van der Waals surface area contributed by atoms with Gasteiger partial charge in [0.1, 0.15) is 23.0 Å². The second kappa shape index (κ2) is 9.54. The fraction of sp³-hybridized carbons (Fsp3) is 0.273. The molecule has 0 radical (unpaired) electrons. The Morgan fingerprint density at radius 3 is 2.45 bits per heavy atom. The fourth-order valence-corrected chi connectivity index (χ4v) is 5.01. The number of nitrogens with one attached hydrogen (secondary N) is 1. The second-order valence-corrected chi connectivity index (χ2v) is 10.5. The predicted octanol–water partition coefficient (Wildman–Crippen LogP) is 3.35. The van der Waals surface area contributed by atoms with Gasteiger partial charge < -0.3 is 5.32 Å². The van der Waals surface area contributed by atoms with Crippen LogP contribution in [-0.2, 0) is 35.8 Å². The molecule has 40 heavy (non-hydrogen) atoms. The van der Waals surface area contributed by atoms with Crippen molar-refractivity contribution in [1.29, 1.82) is 0 Å². The van der Waals surface area contributed by atoms with E-state index < -0.39 is 57.9 Å². The van der Waals surface area contributed by atoms with Crippen LogP contribution in [-0.4, -0.2) is 54.8 Å². The van der Waals surface area contributed by atoms with Gasteiger partial charge in [0.25, 0.3) is 5.91 Å². The van der Waals surface area contributed by atoms with Gasteiger partial charge in [-0.3, -0.25) is 9.20 Å². The molecule has 1 aliphatic heterocycles. The lowest BCUT2D eigenvalue weighted by Crippen LogP contribution is -2.44. The number of carbonyl (C=O) groups excluding carboxylic acids is 1. The summed E-state index contributed by atoms with van der Waals surface area (Å²) < 4.78 is 120. The number of hydrogen-bond donors (Lipinski definition) is 1. The number of amides is 1. The Hall–Kier alpha value is -4.06. The summed E-state index contributed by atoms with van der Waals surface area (Å²) in [6.07, 6.45) is -3.66. The van der Waals surface area contributed by atoms with Crippen LogP contribution in [0.15, 0.2) is 42.6 Å². The lowest BCUT2D eigenvalue weighted by atomic mass is 10.1. The van der Waals surface area contributed by atoms with E-state index in [9.17, 15) is 43.9 Å². The van der Waals surface area contributed by atoms with Crippen molar-refractivity contribution in [3.05, 3.63) is 71.2 Å². The molecule has 0 aliphatic carbocycles. The summed E-state index contributed by atoms with van der Waals surface area (Å²) in [6, 6.07) is 7.73. The van der Waals surface area contributed by atoms with Crippen molar-refractivity contribution in [1.82, 2.24) is 33.8 Å². The number of fused-ring (bicyclic) bond motifs is 2. The molecule has 212 valence electrons. The van der Waals surface area contributed by atoms with E-state index in [0.717, 1.165) is 10.5 Å². The Bertz CT molecular complexity index is 1730. The van der Waals surface area contributed by atoms with E-state index in [1.54, 1.807) is 0 Å². The van der Waals surface area contributed by atoms with Crippen LogP contribution in [0.5, 0.6) is 0 Å². The van der Waals surface area contributed by atoms with Gasteiger partial charge in [-0.1, -0.05) is 12.1 Å². The van der Waals surface area contributed by atoms with E-state index in [2.05, 4.69) is 20.4 Å². The first kappa shape index (κ1) is 27.5. The number of sulfonamides is 1. The molecule has 1 amide bonds. The normalized spacial score (nSPS) is 14.9. The number of pyridine rings is 1. The molecular weight excluding hydrogens is 575 g/mol. The first-order valence-electron chi connectivity index (χ1n) is 11.3. The number of rotatable bonds is 5. The van der Waals surface area contributed by atoms with Crippen LogP contribution in [0.2, 0.25) is 0 Å². The summed E-state index contributed by atoms with van der Waals surface area (Å²) in [5.74, 6) is -2.33. The molecule has 3 aromatic heterocycles. The molecule has 0 bridgehead atoms. The van der Waals surface area contributed by atoms with E-state index in [1.807, 2.05) is 0 Å². The van der Waals surface area contributed by atoms with Gasteiger partial charge in [0.15, 0.2) is 11.5 Å². The number of carbonyl (C=O) groups is 1. The lowest BCUT2D eigenvalue weighted by Gasteiger charge is -2.26. The molecule has 10 nitrogen and oxygen atoms in total. The minimum Gasteiger partial charge on any atom is -0.347 e. The molecule has 4 heterocycles. The molecule has 1 aliphatic rings. The molecule has 4 aromatic rings. The molecule has 0 saturated heterocycles. The third-order valence-corrected chi connectivity index (χ3v) is 7.58. The molecule has 18 heteroatoms. The maximum atomic E-state index is 14.9. The second-order valence-electron chi connectivity index (χ2n) is 8.59. The van der Waals surface area contributed by atoms with E-state index in [-0.39, 0.29) is 45.8 Å². The van der Waals surface area contributed by atoms with Crippen LogP contribution >= 0.6 is 0 Å². The average molecular weight is 591 g/mol. The summed E-state index contributed by atoms with van der Waals surface area (Å²) in [4.78, 5) is 20.2.